The maximum Gasteiger partial charge on any atom is 0.259 e. The molecular weight excluding hydrogens is 418 g/mol. The van der Waals surface area contributed by atoms with Crippen LogP contribution in [0.3, 0.4) is 0 Å². The van der Waals surface area contributed by atoms with Crippen LogP contribution in [0.5, 0.6) is 5.75 Å². The van der Waals surface area contributed by atoms with Gasteiger partial charge < -0.3 is 15.4 Å². The van der Waals surface area contributed by atoms with E-state index in [0.29, 0.717) is 0 Å². The lowest BCUT2D eigenvalue weighted by Gasteiger charge is -2.12. The molecule has 0 aliphatic rings. The number of nitrogens with one attached hydrogen (secondary N) is 2. The summed E-state index contributed by atoms with van der Waals surface area (Å²) in [6.07, 6.45) is 0. The molecule has 0 radical (unpaired) electrons. The van der Waals surface area contributed by atoms with Crippen molar-refractivity contribution in [2.75, 3.05) is 17.7 Å². The van der Waals surface area contributed by atoms with E-state index in [2.05, 4.69) is 10.6 Å². The third-order valence-corrected chi connectivity index (χ3v) is 4.28. The van der Waals surface area contributed by atoms with Crippen molar-refractivity contribution in [3.05, 3.63) is 88.5 Å². The van der Waals surface area contributed by atoms with Crippen LogP contribution >= 0.6 is 0 Å². The average molecular weight is 432 g/mol. The van der Waals surface area contributed by atoms with Crippen molar-refractivity contribution in [2.45, 2.75) is 0 Å². The molecule has 0 saturated heterocycles. The van der Waals surface area contributed by atoms with Crippen LogP contribution < -0.4 is 15.4 Å². The molecule has 158 valence electrons. The number of anilines is 2. The number of hydrogen-bond donors (Lipinski definition) is 2. The summed E-state index contributed by atoms with van der Waals surface area (Å²) in [7, 11) is 1.33. The molecule has 3 rings (SSSR count). The van der Waals surface area contributed by atoms with Crippen LogP contribution in [0.2, 0.25) is 0 Å². The van der Waals surface area contributed by atoms with Crippen molar-refractivity contribution in [1.29, 1.82) is 10.5 Å². The Hall–Kier alpha value is -4.76. The maximum absolute atomic E-state index is 13.6. The van der Waals surface area contributed by atoms with Crippen LogP contribution in [0.25, 0.3) is 0 Å². The first-order valence-electron chi connectivity index (χ1n) is 9.05. The second-order valence-corrected chi connectivity index (χ2v) is 6.50. The number of nitriles is 2. The zero-order chi connectivity index (χ0) is 23.3. The number of benzene rings is 3. The lowest BCUT2D eigenvalue weighted by Crippen LogP contribution is -2.17. The van der Waals surface area contributed by atoms with Crippen molar-refractivity contribution < 1.29 is 23.1 Å². The van der Waals surface area contributed by atoms with Gasteiger partial charge in [-0.2, -0.15) is 10.5 Å². The van der Waals surface area contributed by atoms with Crippen LogP contribution in [0, 0.1) is 34.3 Å². The molecule has 0 saturated carbocycles. The smallest absolute Gasteiger partial charge is 0.259 e. The summed E-state index contributed by atoms with van der Waals surface area (Å²) >= 11 is 0. The Labute approximate surface area is 181 Å². The van der Waals surface area contributed by atoms with E-state index in [0.717, 1.165) is 24.3 Å². The molecular formula is C23H14F2N4O3. The first kappa shape index (κ1) is 21.9. The molecule has 3 aromatic carbocycles. The first-order valence-corrected chi connectivity index (χ1v) is 9.05. The first-order chi connectivity index (χ1) is 15.3. The van der Waals surface area contributed by atoms with Gasteiger partial charge in [-0.15, -0.1) is 0 Å². The van der Waals surface area contributed by atoms with E-state index in [1.165, 1.54) is 37.4 Å². The Morgan fingerprint density at radius 3 is 1.84 bits per heavy atom. The Morgan fingerprint density at radius 1 is 0.812 bits per heavy atom. The largest absolute Gasteiger partial charge is 0.496 e. The van der Waals surface area contributed by atoms with Crippen LogP contribution in [-0.4, -0.2) is 18.9 Å². The zero-order valence-electron chi connectivity index (χ0n) is 16.6. The Bertz CT molecular complexity index is 1310. The van der Waals surface area contributed by atoms with E-state index >= 15 is 0 Å². The molecule has 2 N–H and O–H groups in total. The third kappa shape index (κ3) is 5.04. The van der Waals surface area contributed by atoms with E-state index < -0.39 is 23.4 Å². The molecule has 9 heteroatoms. The van der Waals surface area contributed by atoms with Crippen molar-refractivity contribution >= 4 is 23.2 Å². The molecule has 7 nitrogen and oxygen atoms in total. The van der Waals surface area contributed by atoms with Gasteiger partial charge in [-0.3, -0.25) is 9.59 Å². The van der Waals surface area contributed by atoms with Gasteiger partial charge >= 0.3 is 0 Å². The van der Waals surface area contributed by atoms with Gasteiger partial charge in [-0.25, -0.2) is 8.78 Å². The molecule has 32 heavy (non-hydrogen) atoms. The van der Waals surface area contributed by atoms with E-state index in [1.54, 1.807) is 12.1 Å². The van der Waals surface area contributed by atoms with E-state index in [9.17, 15) is 18.4 Å². The predicted molar refractivity (Wildman–Crippen MR) is 111 cm³/mol. The SMILES string of the molecule is COc1ccc(C(=O)Nc2cc(F)cc(C#N)c2)cc1C(=O)Nc1cc(F)cc(C#N)c1. The molecule has 0 bridgehead atoms. The summed E-state index contributed by atoms with van der Waals surface area (Å²) in [6, 6.07) is 14.3. The second kappa shape index (κ2) is 9.37. The van der Waals surface area contributed by atoms with Gasteiger partial charge in [0.15, 0.2) is 0 Å². The number of amides is 2. The summed E-state index contributed by atoms with van der Waals surface area (Å²) in [5.74, 6) is -2.61. The summed E-state index contributed by atoms with van der Waals surface area (Å²) in [4.78, 5) is 25.4. The maximum atomic E-state index is 13.6. The minimum absolute atomic E-state index is 0.0206. The van der Waals surface area contributed by atoms with Crippen molar-refractivity contribution in [1.82, 2.24) is 0 Å². The number of nitrogens with zero attached hydrogens (tertiary/aromatic N) is 2. The minimum Gasteiger partial charge on any atom is -0.496 e. The fraction of sp³-hybridized carbons (Fsp3) is 0.0435. The molecule has 0 fully saturated rings. The average Bonchev–Trinajstić information content (AvgIpc) is 2.77. The van der Waals surface area contributed by atoms with Gasteiger partial charge in [0, 0.05) is 16.9 Å². The Balaban J connectivity index is 1.88. The summed E-state index contributed by atoms with van der Waals surface area (Å²) in [5, 5.41) is 22.8. The zero-order valence-corrected chi connectivity index (χ0v) is 16.6. The molecule has 0 unspecified atom stereocenters. The quantitative estimate of drug-likeness (QED) is 0.626. The molecule has 3 aromatic rings. The number of carbonyl (C=O) groups excluding carboxylic acids is 2. The highest BCUT2D eigenvalue weighted by Gasteiger charge is 2.17. The van der Waals surface area contributed by atoms with Crippen molar-refractivity contribution in [3.8, 4) is 17.9 Å². The standard InChI is InChI=1S/C23H14F2N4O3/c1-32-21-3-2-15(22(30)28-18-6-13(11-26)4-16(24)9-18)8-20(21)23(31)29-19-7-14(12-27)5-17(25)10-19/h2-10H,1H3,(H,28,30)(H,29,31). The molecule has 2 amide bonds. The summed E-state index contributed by atoms with van der Waals surface area (Å²) in [5.41, 5.74) is 0.189. The van der Waals surface area contributed by atoms with Gasteiger partial charge in [0.2, 0.25) is 0 Å². The number of rotatable bonds is 5. The van der Waals surface area contributed by atoms with Crippen LogP contribution in [0.15, 0.2) is 54.6 Å². The summed E-state index contributed by atoms with van der Waals surface area (Å²) in [6.45, 7) is 0. The van der Waals surface area contributed by atoms with Crippen LogP contribution in [0.4, 0.5) is 20.2 Å². The van der Waals surface area contributed by atoms with Crippen molar-refractivity contribution in [3.63, 3.8) is 0 Å². The summed E-state index contributed by atoms with van der Waals surface area (Å²) < 4.78 is 32.4. The highest BCUT2D eigenvalue weighted by molar-refractivity contribution is 6.10. The normalized spacial score (nSPS) is 9.91. The van der Waals surface area contributed by atoms with E-state index in [4.69, 9.17) is 15.3 Å². The van der Waals surface area contributed by atoms with Gasteiger partial charge in [0.25, 0.3) is 11.8 Å². The highest BCUT2D eigenvalue weighted by Crippen LogP contribution is 2.23. The third-order valence-electron chi connectivity index (χ3n) is 4.28. The molecule has 0 aliphatic heterocycles. The number of carbonyl (C=O) groups is 2. The van der Waals surface area contributed by atoms with Gasteiger partial charge in [-0.05, 0) is 54.6 Å². The number of hydrogen-bond acceptors (Lipinski definition) is 5. The monoisotopic (exact) mass is 432 g/mol. The molecule has 0 atom stereocenters. The topological polar surface area (TPSA) is 115 Å². The molecule has 0 aromatic heterocycles. The van der Waals surface area contributed by atoms with Gasteiger partial charge in [0.05, 0.1) is 35.9 Å². The Kier molecular flexibility index (Phi) is 6.42. The van der Waals surface area contributed by atoms with Crippen LogP contribution in [0.1, 0.15) is 31.8 Å². The fourth-order valence-corrected chi connectivity index (χ4v) is 2.88. The van der Waals surface area contributed by atoms with Gasteiger partial charge in [-0.1, -0.05) is 0 Å². The Morgan fingerprint density at radius 2 is 1.34 bits per heavy atom. The lowest BCUT2D eigenvalue weighted by molar-refractivity contribution is 0.102. The highest BCUT2D eigenvalue weighted by atomic mass is 19.1. The number of methoxy groups -OCH3 is 1. The number of halogens is 2. The minimum atomic E-state index is -0.705. The predicted octanol–water partition coefficient (Wildman–Crippen LogP) is 4.22. The second-order valence-electron chi connectivity index (χ2n) is 6.50. The number of ether oxygens (including phenoxy) is 1. The fourth-order valence-electron chi connectivity index (χ4n) is 2.88. The molecule has 0 spiro atoms. The van der Waals surface area contributed by atoms with Crippen molar-refractivity contribution in [2.24, 2.45) is 0 Å². The van der Waals surface area contributed by atoms with Crippen LogP contribution in [-0.2, 0) is 0 Å². The van der Waals surface area contributed by atoms with Gasteiger partial charge in [0.1, 0.15) is 17.4 Å². The molecule has 0 aliphatic carbocycles. The lowest BCUT2D eigenvalue weighted by atomic mass is 10.1. The van der Waals surface area contributed by atoms with E-state index in [1.807, 2.05) is 0 Å². The molecule has 0 heterocycles. The van der Waals surface area contributed by atoms with E-state index in [-0.39, 0.29) is 39.4 Å².